The van der Waals surface area contributed by atoms with Crippen molar-refractivity contribution in [1.82, 2.24) is 15.1 Å². The molecule has 0 unspecified atom stereocenters. The molecule has 0 radical (unpaired) electrons. The smallest absolute Gasteiger partial charge is 0.251 e. The van der Waals surface area contributed by atoms with Crippen LogP contribution in [0.5, 0.6) is 0 Å². The normalized spacial score (nSPS) is 10.6. The standard InChI is InChI=1S/C17H17N3OS2/c21-17(18-9-12-22-13-16-3-1-11-23-16)14-4-6-15(7-5-14)20-10-2-8-19-20/h1-8,10-11H,9,12-13H2,(H,18,21). The molecule has 23 heavy (non-hydrogen) atoms. The number of hydrogen-bond donors (Lipinski definition) is 1. The van der Waals surface area contributed by atoms with Crippen LogP contribution in [0.2, 0.25) is 0 Å². The molecule has 0 aliphatic carbocycles. The molecule has 3 aromatic rings. The van der Waals surface area contributed by atoms with E-state index in [1.165, 1.54) is 4.88 Å². The number of benzene rings is 1. The van der Waals surface area contributed by atoms with E-state index >= 15 is 0 Å². The minimum Gasteiger partial charge on any atom is -0.351 e. The van der Waals surface area contributed by atoms with E-state index in [-0.39, 0.29) is 5.91 Å². The second-order valence-corrected chi connectivity index (χ2v) is 7.02. The van der Waals surface area contributed by atoms with Gasteiger partial charge in [-0.2, -0.15) is 16.9 Å². The van der Waals surface area contributed by atoms with E-state index in [1.54, 1.807) is 22.2 Å². The number of aromatic nitrogens is 2. The number of amides is 1. The largest absolute Gasteiger partial charge is 0.351 e. The van der Waals surface area contributed by atoms with Crippen molar-refractivity contribution in [3.05, 3.63) is 70.7 Å². The van der Waals surface area contributed by atoms with Crippen molar-refractivity contribution >= 4 is 29.0 Å². The maximum absolute atomic E-state index is 12.1. The van der Waals surface area contributed by atoms with Crippen molar-refractivity contribution in [2.24, 2.45) is 0 Å². The number of nitrogens with zero attached hydrogens (tertiary/aromatic N) is 2. The van der Waals surface area contributed by atoms with Crippen LogP contribution in [-0.4, -0.2) is 28.0 Å². The van der Waals surface area contributed by atoms with Gasteiger partial charge in [-0.15, -0.1) is 11.3 Å². The maximum Gasteiger partial charge on any atom is 0.251 e. The lowest BCUT2D eigenvalue weighted by molar-refractivity contribution is 0.0956. The van der Waals surface area contributed by atoms with Gasteiger partial charge in [-0.25, -0.2) is 4.68 Å². The summed E-state index contributed by atoms with van der Waals surface area (Å²) in [6, 6.07) is 13.5. The molecule has 0 aliphatic heterocycles. The lowest BCUT2D eigenvalue weighted by atomic mass is 10.2. The molecular formula is C17H17N3OS2. The van der Waals surface area contributed by atoms with Crippen LogP contribution in [0.1, 0.15) is 15.2 Å². The second kappa shape index (κ2) is 7.99. The van der Waals surface area contributed by atoms with E-state index in [1.807, 2.05) is 48.3 Å². The Hall–Kier alpha value is -2.05. The van der Waals surface area contributed by atoms with Crippen LogP contribution in [0.4, 0.5) is 0 Å². The highest BCUT2D eigenvalue weighted by atomic mass is 32.2. The van der Waals surface area contributed by atoms with Gasteiger partial charge in [-0.3, -0.25) is 4.79 Å². The van der Waals surface area contributed by atoms with Gasteiger partial charge < -0.3 is 5.32 Å². The van der Waals surface area contributed by atoms with Gasteiger partial charge in [0.1, 0.15) is 0 Å². The summed E-state index contributed by atoms with van der Waals surface area (Å²) in [5.74, 6) is 1.88. The average Bonchev–Trinajstić information content (AvgIpc) is 3.28. The molecule has 0 bridgehead atoms. The van der Waals surface area contributed by atoms with E-state index in [0.717, 1.165) is 17.2 Å². The van der Waals surface area contributed by atoms with Crippen LogP contribution >= 0.6 is 23.1 Å². The summed E-state index contributed by atoms with van der Waals surface area (Å²) in [6.07, 6.45) is 3.61. The SMILES string of the molecule is O=C(NCCSCc1cccs1)c1ccc(-n2cccn2)cc1. The van der Waals surface area contributed by atoms with Crippen LogP contribution in [-0.2, 0) is 5.75 Å². The molecular weight excluding hydrogens is 326 g/mol. The van der Waals surface area contributed by atoms with E-state index in [9.17, 15) is 4.79 Å². The molecule has 3 rings (SSSR count). The van der Waals surface area contributed by atoms with Crippen LogP contribution in [0, 0.1) is 0 Å². The average molecular weight is 343 g/mol. The molecule has 2 aromatic heterocycles. The highest BCUT2D eigenvalue weighted by Gasteiger charge is 2.05. The fourth-order valence-corrected chi connectivity index (χ4v) is 3.79. The molecule has 118 valence electrons. The van der Waals surface area contributed by atoms with Crippen LogP contribution in [0.15, 0.2) is 60.2 Å². The van der Waals surface area contributed by atoms with Crippen molar-refractivity contribution in [3.8, 4) is 5.69 Å². The lowest BCUT2D eigenvalue weighted by Gasteiger charge is -2.06. The summed E-state index contributed by atoms with van der Waals surface area (Å²) in [7, 11) is 0. The molecule has 0 atom stereocenters. The van der Waals surface area contributed by atoms with Gasteiger partial charge in [-0.1, -0.05) is 6.07 Å². The minimum absolute atomic E-state index is 0.0336. The summed E-state index contributed by atoms with van der Waals surface area (Å²) < 4.78 is 1.77. The Morgan fingerprint density at radius 3 is 2.78 bits per heavy atom. The first-order valence-electron chi connectivity index (χ1n) is 7.31. The quantitative estimate of drug-likeness (QED) is 0.667. The Morgan fingerprint density at radius 1 is 1.22 bits per heavy atom. The van der Waals surface area contributed by atoms with Crippen LogP contribution in [0.3, 0.4) is 0 Å². The first-order valence-corrected chi connectivity index (χ1v) is 9.35. The van der Waals surface area contributed by atoms with Gasteiger partial charge >= 0.3 is 0 Å². The zero-order chi connectivity index (χ0) is 15.9. The van der Waals surface area contributed by atoms with Gasteiger partial charge in [0, 0.05) is 40.9 Å². The van der Waals surface area contributed by atoms with Crippen molar-refractivity contribution in [2.75, 3.05) is 12.3 Å². The Labute approximate surface area is 143 Å². The van der Waals surface area contributed by atoms with Gasteiger partial charge in [0.2, 0.25) is 0 Å². The molecule has 6 heteroatoms. The number of thioether (sulfide) groups is 1. The molecule has 1 N–H and O–H groups in total. The number of carbonyl (C=O) groups excluding carboxylic acids is 1. The lowest BCUT2D eigenvalue weighted by Crippen LogP contribution is -2.25. The topological polar surface area (TPSA) is 46.9 Å². The molecule has 0 saturated carbocycles. The summed E-state index contributed by atoms with van der Waals surface area (Å²) in [4.78, 5) is 13.5. The number of carbonyl (C=O) groups is 1. The number of rotatable bonds is 7. The fourth-order valence-electron chi connectivity index (χ4n) is 2.09. The predicted octanol–water partition coefficient (Wildman–Crippen LogP) is 3.60. The molecule has 1 amide bonds. The van der Waals surface area contributed by atoms with Gasteiger partial charge in [0.25, 0.3) is 5.91 Å². The summed E-state index contributed by atoms with van der Waals surface area (Å²) in [5, 5.41) is 9.21. The summed E-state index contributed by atoms with van der Waals surface area (Å²) in [5.41, 5.74) is 1.61. The number of nitrogens with one attached hydrogen (secondary N) is 1. The Balaban J connectivity index is 1.43. The van der Waals surface area contributed by atoms with Gasteiger partial charge in [-0.05, 0) is 41.8 Å². The highest BCUT2D eigenvalue weighted by Crippen LogP contribution is 2.16. The third-order valence-electron chi connectivity index (χ3n) is 3.25. The van der Waals surface area contributed by atoms with Crippen molar-refractivity contribution < 1.29 is 4.79 Å². The molecule has 0 fully saturated rings. The van der Waals surface area contributed by atoms with Crippen molar-refractivity contribution in [3.63, 3.8) is 0 Å². The van der Waals surface area contributed by atoms with Crippen molar-refractivity contribution in [2.45, 2.75) is 5.75 Å². The monoisotopic (exact) mass is 343 g/mol. The number of hydrogen-bond acceptors (Lipinski definition) is 4. The van der Waals surface area contributed by atoms with Gasteiger partial charge in [0.05, 0.1) is 5.69 Å². The third kappa shape index (κ3) is 4.46. The summed E-state index contributed by atoms with van der Waals surface area (Å²) >= 11 is 3.60. The third-order valence-corrected chi connectivity index (χ3v) is 5.32. The van der Waals surface area contributed by atoms with E-state index in [2.05, 4.69) is 27.9 Å². The zero-order valence-corrected chi connectivity index (χ0v) is 14.1. The maximum atomic E-state index is 12.1. The van der Waals surface area contributed by atoms with Crippen LogP contribution < -0.4 is 5.32 Å². The fraction of sp³-hybridized carbons (Fsp3) is 0.176. The van der Waals surface area contributed by atoms with E-state index < -0.39 is 0 Å². The molecule has 1 aromatic carbocycles. The molecule has 0 aliphatic rings. The summed E-state index contributed by atoms with van der Waals surface area (Å²) in [6.45, 7) is 0.676. The predicted molar refractivity (Wildman–Crippen MR) is 96.4 cm³/mol. The van der Waals surface area contributed by atoms with Crippen molar-refractivity contribution in [1.29, 1.82) is 0 Å². The van der Waals surface area contributed by atoms with E-state index in [4.69, 9.17) is 0 Å². The van der Waals surface area contributed by atoms with E-state index in [0.29, 0.717) is 12.1 Å². The minimum atomic E-state index is -0.0336. The Bertz CT molecular complexity index is 722. The first kappa shape index (κ1) is 15.8. The molecule has 0 saturated heterocycles. The molecule has 2 heterocycles. The highest BCUT2D eigenvalue weighted by molar-refractivity contribution is 7.98. The number of thiophene rings is 1. The second-order valence-electron chi connectivity index (χ2n) is 4.89. The van der Waals surface area contributed by atoms with Gasteiger partial charge in [0.15, 0.2) is 0 Å². The van der Waals surface area contributed by atoms with Crippen LogP contribution in [0.25, 0.3) is 5.69 Å². The molecule has 4 nitrogen and oxygen atoms in total. The molecule has 0 spiro atoms. The first-order chi connectivity index (χ1) is 11.3. The Morgan fingerprint density at radius 2 is 2.09 bits per heavy atom. The Kier molecular flexibility index (Phi) is 5.50. The zero-order valence-electron chi connectivity index (χ0n) is 12.5.